The van der Waals surface area contributed by atoms with Crippen LogP contribution in [-0.2, 0) is 4.74 Å². The molecule has 1 aliphatic carbocycles. The Kier molecular flexibility index (Phi) is 4.59. The molecule has 0 spiro atoms. The summed E-state index contributed by atoms with van der Waals surface area (Å²) in [7, 11) is 0. The summed E-state index contributed by atoms with van der Waals surface area (Å²) < 4.78 is 5.20. The van der Waals surface area contributed by atoms with Crippen LogP contribution in [0.4, 0.5) is 4.79 Å². The van der Waals surface area contributed by atoms with E-state index in [0.29, 0.717) is 0 Å². The number of carbonyl (C=O) groups excluding carboxylic acids is 1. The Balaban J connectivity index is 2.42. The molecule has 2 N–H and O–H groups in total. The molecule has 0 aliphatic heterocycles. The van der Waals surface area contributed by atoms with Crippen LogP contribution in [0.2, 0.25) is 0 Å². The van der Waals surface area contributed by atoms with E-state index in [-0.39, 0.29) is 24.7 Å². The fraction of sp³-hybridized carbons (Fsp3) is 0.917. The van der Waals surface area contributed by atoms with Gasteiger partial charge in [0.15, 0.2) is 0 Å². The van der Waals surface area contributed by atoms with Crippen LogP contribution >= 0.6 is 0 Å². The Morgan fingerprint density at radius 3 is 2.56 bits per heavy atom. The first-order valence-electron chi connectivity index (χ1n) is 6.03. The molecule has 4 nitrogen and oxygen atoms in total. The molecule has 1 amide bonds. The first-order chi connectivity index (χ1) is 7.42. The van der Waals surface area contributed by atoms with Crippen molar-refractivity contribution in [2.45, 2.75) is 58.1 Å². The van der Waals surface area contributed by atoms with Crippen molar-refractivity contribution in [1.29, 1.82) is 0 Å². The molecule has 0 saturated heterocycles. The summed E-state index contributed by atoms with van der Waals surface area (Å²) in [5.41, 5.74) is -0.465. The number of aliphatic hydroxyl groups excluding tert-OH is 1. The standard InChI is InChI=1S/C12H23NO3/c1-12(2,3)16-11(15)13-10-7-5-4-6-9(10)8-14/h9-10,14H,4-8H2,1-3H3,(H,13,15)/t9-,10-/m1/s1. The predicted octanol–water partition coefficient (Wildman–Crippen LogP) is 2.06. The lowest BCUT2D eigenvalue weighted by atomic mass is 9.85. The van der Waals surface area contributed by atoms with Gasteiger partial charge in [-0.2, -0.15) is 0 Å². The summed E-state index contributed by atoms with van der Waals surface area (Å²) in [4.78, 5) is 11.6. The Bertz CT molecular complexity index is 235. The lowest BCUT2D eigenvalue weighted by Gasteiger charge is -2.31. The van der Waals surface area contributed by atoms with Crippen molar-refractivity contribution in [3.05, 3.63) is 0 Å². The van der Waals surface area contributed by atoms with Gasteiger partial charge in [0.25, 0.3) is 0 Å². The van der Waals surface area contributed by atoms with Crippen molar-refractivity contribution >= 4 is 6.09 Å². The van der Waals surface area contributed by atoms with Crippen molar-refractivity contribution in [1.82, 2.24) is 5.32 Å². The molecule has 94 valence electrons. The number of hydrogen-bond donors (Lipinski definition) is 2. The van der Waals surface area contributed by atoms with Crippen molar-refractivity contribution in [3.8, 4) is 0 Å². The molecule has 0 aromatic rings. The van der Waals surface area contributed by atoms with Gasteiger partial charge in [-0.25, -0.2) is 4.79 Å². The van der Waals surface area contributed by atoms with E-state index in [4.69, 9.17) is 4.74 Å². The summed E-state index contributed by atoms with van der Waals surface area (Å²) in [5, 5.41) is 12.1. The summed E-state index contributed by atoms with van der Waals surface area (Å²) in [6.45, 7) is 5.67. The van der Waals surface area contributed by atoms with Crippen LogP contribution in [0.15, 0.2) is 0 Å². The molecule has 1 rings (SSSR count). The van der Waals surface area contributed by atoms with E-state index in [0.717, 1.165) is 25.7 Å². The van der Waals surface area contributed by atoms with Gasteiger partial charge in [-0.15, -0.1) is 0 Å². The molecule has 1 fully saturated rings. The number of ether oxygens (including phenoxy) is 1. The minimum Gasteiger partial charge on any atom is -0.444 e. The summed E-state index contributed by atoms with van der Waals surface area (Å²) in [6, 6.07) is 0.0635. The van der Waals surface area contributed by atoms with Gasteiger partial charge >= 0.3 is 6.09 Å². The summed E-state index contributed by atoms with van der Waals surface area (Å²) in [6.07, 6.45) is 3.79. The van der Waals surface area contributed by atoms with Gasteiger partial charge in [0.1, 0.15) is 5.60 Å². The highest BCUT2D eigenvalue weighted by atomic mass is 16.6. The maximum atomic E-state index is 11.6. The van der Waals surface area contributed by atoms with E-state index in [1.165, 1.54) is 0 Å². The SMILES string of the molecule is CC(C)(C)OC(=O)N[C@@H]1CCCC[C@@H]1CO. The molecule has 0 aromatic carbocycles. The molecule has 1 aliphatic rings. The lowest BCUT2D eigenvalue weighted by Crippen LogP contribution is -2.45. The molecule has 0 unspecified atom stereocenters. The normalized spacial score (nSPS) is 26.2. The summed E-state index contributed by atoms with van der Waals surface area (Å²) >= 11 is 0. The second-order valence-electron chi connectivity index (χ2n) is 5.48. The highest BCUT2D eigenvalue weighted by Gasteiger charge is 2.27. The molecule has 0 heterocycles. The van der Waals surface area contributed by atoms with E-state index in [1.807, 2.05) is 20.8 Å². The fourth-order valence-electron chi connectivity index (χ4n) is 2.08. The van der Waals surface area contributed by atoms with Crippen molar-refractivity contribution in [2.75, 3.05) is 6.61 Å². The van der Waals surface area contributed by atoms with E-state index < -0.39 is 5.60 Å². The number of hydrogen-bond acceptors (Lipinski definition) is 3. The van der Waals surface area contributed by atoms with Crippen LogP contribution < -0.4 is 5.32 Å². The number of alkyl carbamates (subject to hydrolysis) is 1. The van der Waals surface area contributed by atoms with Gasteiger partial charge in [0, 0.05) is 18.6 Å². The highest BCUT2D eigenvalue weighted by Crippen LogP contribution is 2.24. The Hall–Kier alpha value is -0.770. The van der Waals surface area contributed by atoms with Crippen molar-refractivity contribution in [3.63, 3.8) is 0 Å². The average Bonchev–Trinajstić information content (AvgIpc) is 2.15. The largest absolute Gasteiger partial charge is 0.444 e. The molecule has 1 saturated carbocycles. The van der Waals surface area contributed by atoms with Gasteiger partial charge in [0.05, 0.1) is 0 Å². The molecular weight excluding hydrogens is 206 g/mol. The first-order valence-corrected chi connectivity index (χ1v) is 6.03. The second-order valence-corrected chi connectivity index (χ2v) is 5.48. The molecule has 2 atom stereocenters. The number of nitrogens with one attached hydrogen (secondary N) is 1. The topological polar surface area (TPSA) is 58.6 Å². The first kappa shape index (κ1) is 13.3. The maximum Gasteiger partial charge on any atom is 0.407 e. The van der Waals surface area contributed by atoms with E-state index in [9.17, 15) is 9.90 Å². The quantitative estimate of drug-likeness (QED) is 0.762. The molecule has 0 aromatic heterocycles. The van der Waals surface area contributed by atoms with E-state index >= 15 is 0 Å². The van der Waals surface area contributed by atoms with Crippen LogP contribution in [0.5, 0.6) is 0 Å². The van der Waals surface area contributed by atoms with Crippen LogP contribution in [0.25, 0.3) is 0 Å². The maximum absolute atomic E-state index is 11.6. The lowest BCUT2D eigenvalue weighted by molar-refractivity contribution is 0.0446. The predicted molar refractivity (Wildman–Crippen MR) is 62.2 cm³/mol. The van der Waals surface area contributed by atoms with E-state index in [2.05, 4.69) is 5.32 Å². The highest BCUT2D eigenvalue weighted by molar-refractivity contribution is 5.68. The van der Waals surface area contributed by atoms with Crippen molar-refractivity contribution in [2.24, 2.45) is 5.92 Å². The molecule has 0 bridgehead atoms. The van der Waals surface area contributed by atoms with Crippen LogP contribution in [-0.4, -0.2) is 29.4 Å². The monoisotopic (exact) mass is 229 g/mol. The number of rotatable bonds is 2. The van der Waals surface area contributed by atoms with Gasteiger partial charge in [-0.1, -0.05) is 12.8 Å². The van der Waals surface area contributed by atoms with Gasteiger partial charge in [0.2, 0.25) is 0 Å². The van der Waals surface area contributed by atoms with Gasteiger partial charge < -0.3 is 15.2 Å². The molecule has 4 heteroatoms. The van der Waals surface area contributed by atoms with E-state index in [1.54, 1.807) is 0 Å². The second kappa shape index (κ2) is 5.53. The van der Waals surface area contributed by atoms with Gasteiger partial charge in [-0.3, -0.25) is 0 Å². The Morgan fingerprint density at radius 1 is 1.38 bits per heavy atom. The molecule has 16 heavy (non-hydrogen) atoms. The zero-order valence-electron chi connectivity index (χ0n) is 10.5. The minimum atomic E-state index is -0.465. The zero-order chi connectivity index (χ0) is 12.2. The number of aliphatic hydroxyl groups is 1. The van der Waals surface area contributed by atoms with Crippen LogP contribution in [0.3, 0.4) is 0 Å². The number of carbonyl (C=O) groups is 1. The zero-order valence-corrected chi connectivity index (χ0v) is 10.5. The summed E-state index contributed by atoms with van der Waals surface area (Å²) in [5.74, 6) is 0.182. The third-order valence-electron chi connectivity index (χ3n) is 2.85. The molecule has 0 radical (unpaired) electrons. The molecular formula is C12H23NO3. The van der Waals surface area contributed by atoms with Gasteiger partial charge in [-0.05, 0) is 33.6 Å². The van der Waals surface area contributed by atoms with Crippen molar-refractivity contribution < 1.29 is 14.6 Å². The fourth-order valence-corrected chi connectivity index (χ4v) is 2.08. The third-order valence-corrected chi connectivity index (χ3v) is 2.85. The minimum absolute atomic E-state index is 0.0635. The van der Waals surface area contributed by atoms with Crippen LogP contribution in [0.1, 0.15) is 46.5 Å². The van der Waals surface area contributed by atoms with Crippen LogP contribution in [0, 0.1) is 5.92 Å². The smallest absolute Gasteiger partial charge is 0.407 e. The number of amides is 1. The third kappa shape index (κ3) is 4.39. The Morgan fingerprint density at radius 2 is 2.00 bits per heavy atom. The Labute approximate surface area is 97.4 Å². The average molecular weight is 229 g/mol.